The van der Waals surface area contributed by atoms with Crippen molar-refractivity contribution in [3.8, 4) is 5.75 Å². The molecule has 0 amide bonds. The Kier molecular flexibility index (Phi) is 3.33. The fourth-order valence-corrected chi connectivity index (χ4v) is 1.99. The van der Waals surface area contributed by atoms with E-state index in [9.17, 15) is 4.79 Å². The van der Waals surface area contributed by atoms with Gasteiger partial charge in [-0.25, -0.2) is 0 Å². The van der Waals surface area contributed by atoms with Gasteiger partial charge in [0.05, 0.1) is 12.2 Å². The lowest BCUT2D eigenvalue weighted by Crippen LogP contribution is -2.31. The molecule has 1 aliphatic heterocycles. The van der Waals surface area contributed by atoms with E-state index in [2.05, 4.69) is 21.2 Å². The van der Waals surface area contributed by atoms with Crippen molar-refractivity contribution in [1.29, 1.82) is 0 Å². The van der Waals surface area contributed by atoms with Crippen LogP contribution in [0.25, 0.3) is 0 Å². The highest BCUT2D eigenvalue weighted by atomic mass is 79.9. The van der Waals surface area contributed by atoms with Crippen molar-refractivity contribution in [3.05, 3.63) is 22.7 Å². The van der Waals surface area contributed by atoms with Gasteiger partial charge in [-0.2, -0.15) is 0 Å². The number of halogens is 1. The molecule has 1 aromatic rings. The Bertz CT molecular complexity index is 408. The highest BCUT2D eigenvalue weighted by molar-refractivity contribution is 9.10. The van der Waals surface area contributed by atoms with Crippen molar-refractivity contribution in [2.75, 3.05) is 11.9 Å². The number of aliphatic carboxylic acids is 1. The minimum atomic E-state index is -0.787. The molecule has 2 N–H and O–H groups in total. The van der Waals surface area contributed by atoms with E-state index in [0.29, 0.717) is 13.0 Å². The smallest absolute Gasteiger partial charge is 0.303 e. The predicted molar refractivity (Wildman–Crippen MR) is 63.9 cm³/mol. The average molecular weight is 286 g/mol. The maximum atomic E-state index is 10.5. The van der Waals surface area contributed by atoms with Gasteiger partial charge in [-0.15, -0.1) is 0 Å². The number of benzene rings is 1. The lowest BCUT2D eigenvalue weighted by Gasteiger charge is -2.27. The topological polar surface area (TPSA) is 58.6 Å². The molecule has 0 spiro atoms. The molecule has 0 fully saturated rings. The second-order valence-corrected chi connectivity index (χ2v) is 4.61. The van der Waals surface area contributed by atoms with Crippen LogP contribution in [0.4, 0.5) is 5.69 Å². The van der Waals surface area contributed by atoms with Crippen LogP contribution in [-0.2, 0) is 4.79 Å². The first-order valence-electron chi connectivity index (χ1n) is 5.07. The third-order valence-electron chi connectivity index (χ3n) is 2.44. The molecule has 5 heteroatoms. The van der Waals surface area contributed by atoms with Crippen molar-refractivity contribution in [2.24, 2.45) is 0 Å². The van der Waals surface area contributed by atoms with Gasteiger partial charge in [-0.05, 0) is 24.6 Å². The maximum absolute atomic E-state index is 10.5. The van der Waals surface area contributed by atoms with Gasteiger partial charge in [0.15, 0.2) is 0 Å². The molecule has 16 heavy (non-hydrogen) atoms. The number of hydrogen-bond donors (Lipinski definition) is 2. The van der Waals surface area contributed by atoms with Gasteiger partial charge in [-0.3, -0.25) is 4.79 Å². The minimum absolute atomic E-state index is 0.0650. The summed E-state index contributed by atoms with van der Waals surface area (Å²) < 4.78 is 6.68. The lowest BCUT2D eigenvalue weighted by molar-refractivity contribution is -0.137. The molecule has 1 heterocycles. The summed E-state index contributed by atoms with van der Waals surface area (Å²) in [4.78, 5) is 10.5. The zero-order valence-electron chi connectivity index (χ0n) is 8.57. The summed E-state index contributed by atoms with van der Waals surface area (Å²) in [6.07, 6.45) is 0.598. The summed E-state index contributed by atoms with van der Waals surface area (Å²) in [6, 6.07) is 5.72. The second-order valence-electron chi connectivity index (χ2n) is 3.69. The Morgan fingerprint density at radius 2 is 2.44 bits per heavy atom. The van der Waals surface area contributed by atoms with Gasteiger partial charge in [-0.1, -0.05) is 15.9 Å². The van der Waals surface area contributed by atoms with Gasteiger partial charge in [0.25, 0.3) is 0 Å². The Labute approximate surface area is 102 Å². The summed E-state index contributed by atoms with van der Waals surface area (Å²) in [7, 11) is 0. The normalized spacial score (nSPS) is 18.2. The van der Waals surface area contributed by atoms with Gasteiger partial charge >= 0.3 is 5.97 Å². The zero-order valence-corrected chi connectivity index (χ0v) is 10.2. The minimum Gasteiger partial charge on any atom is -0.486 e. The number of fused-ring (bicyclic) bond motifs is 1. The van der Waals surface area contributed by atoms with E-state index in [0.717, 1.165) is 15.9 Å². The number of nitrogens with one attached hydrogen (secondary N) is 1. The molecular weight excluding hydrogens is 274 g/mol. The molecule has 4 nitrogen and oxygen atoms in total. The van der Waals surface area contributed by atoms with Crippen LogP contribution in [0.2, 0.25) is 0 Å². The van der Waals surface area contributed by atoms with E-state index < -0.39 is 5.97 Å². The highest BCUT2D eigenvalue weighted by Gasteiger charge is 2.19. The number of rotatable bonds is 3. The predicted octanol–water partition coefficient (Wildman–Crippen LogP) is 2.49. The molecular formula is C11H12BrNO3. The molecule has 0 saturated carbocycles. The molecule has 1 atom stereocenters. The summed E-state index contributed by atoms with van der Waals surface area (Å²) in [6.45, 7) is 0.650. The molecule has 2 rings (SSSR count). The molecule has 0 bridgehead atoms. The van der Waals surface area contributed by atoms with Crippen molar-refractivity contribution >= 4 is 27.6 Å². The largest absolute Gasteiger partial charge is 0.486 e. The Morgan fingerprint density at radius 1 is 1.62 bits per heavy atom. The van der Waals surface area contributed by atoms with Crippen molar-refractivity contribution in [3.63, 3.8) is 0 Å². The van der Waals surface area contributed by atoms with Crippen molar-refractivity contribution in [2.45, 2.75) is 18.9 Å². The van der Waals surface area contributed by atoms with E-state index in [1.165, 1.54) is 0 Å². The van der Waals surface area contributed by atoms with E-state index in [1.54, 1.807) is 0 Å². The quantitative estimate of drug-likeness (QED) is 0.896. The van der Waals surface area contributed by atoms with Crippen LogP contribution in [0, 0.1) is 0 Å². The third-order valence-corrected chi connectivity index (χ3v) is 2.93. The molecule has 0 radical (unpaired) electrons. The zero-order chi connectivity index (χ0) is 11.5. The Balaban J connectivity index is 2.01. The third kappa shape index (κ3) is 2.66. The number of ether oxygens (including phenoxy) is 1. The van der Waals surface area contributed by atoms with Crippen LogP contribution in [0.1, 0.15) is 12.8 Å². The SMILES string of the molecule is O=C(O)CC[C@H]1CNc2cc(Br)ccc2O1. The standard InChI is InChI=1S/C11H12BrNO3/c12-7-1-3-10-9(5-7)13-6-8(16-10)2-4-11(14)15/h1,3,5,8,13H,2,4,6H2,(H,14,15)/t8-/m0/s1. The number of carboxylic acid groups (broad SMARTS) is 1. The number of carboxylic acids is 1. The fourth-order valence-electron chi connectivity index (χ4n) is 1.63. The Morgan fingerprint density at radius 3 is 3.19 bits per heavy atom. The summed E-state index contributed by atoms with van der Waals surface area (Å²) >= 11 is 3.38. The van der Waals surface area contributed by atoms with Crippen LogP contribution in [-0.4, -0.2) is 23.7 Å². The number of anilines is 1. The van der Waals surface area contributed by atoms with Crippen LogP contribution >= 0.6 is 15.9 Å². The molecule has 0 aromatic heterocycles. The first-order valence-corrected chi connectivity index (χ1v) is 5.86. The molecule has 0 unspecified atom stereocenters. The van der Waals surface area contributed by atoms with Gasteiger partial charge in [0.1, 0.15) is 11.9 Å². The summed E-state index contributed by atoms with van der Waals surface area (Å²) in [5, 5.41) is 11.8. The van der Waals surface area contributed by atoms with E-state index >= 15 is 0 Å². The average Bonchev–Trinajstić information content (AvgIpc) is 2.26. The molecule has 0 saturated heterocycles. The van der Waals surface area contributed by atoms with Crippen LogP contribution in [0.5, 0.6) is 5.75 Å². The molecule has 1 aromatic carbocycles. The van der Waals surface area contributed by atoms with E-state index in [1.807, 2.05) is 18.2 Å². The van der Waals surface area contributed by atoms with Crippen molar-refractivity contribution in [1.82, 2.24) is 0 Å². The number of hydrogen-bond acceptors (Lipinski definition) is 3. The van der Waals surface area contributed by atoms with Crippen LogP contribution in [0.15, 0.2) is 22.7 Å². The lowest BCUT2D eigenvalue weighted by atomic mass is 10.1. The molecule has 1 aliphatic rings. The van der Waals surface area contributed by atoms with E-state index in [4.69, 9.17) is 9.84 Å². The van der Waals surface area contributed by atoms with E-state index in [-0.39, 0.29) is 12.5 Å². The Hall–Kier alpha value is -1.23. The number of carbonyl (C=O) groups is 1. The van der Waals surface area contributed by atoms with Gasteiger partial charge < -0.3 is 15.2 Å². The molecule has 0 aliphatic carbocycles. The van der Waals surface area contributed by atoms with Crippen molar-refractivity contribution < 1.29 is 14.6 Å². The van der Waals surface area contributed by atoms with Crippen LogP contribution < -0.4 is 10.1 Å². The highest BCUT2D eigenvalue weighted by Crippen LogP contribution is 2.32. The first kappa shape index (κ1) is 11.3. The van der Waals surface area contributed by atoms with Gasteiger partial charge in [0, 0.05) is 10.9 Å². The first-order chi connectivity index (χ1) is 7.65. The van der Waals surface area contributed by atoms with Gasteiger partial charge in [0.2, 0.25) is 0 Å². The molecule has 86 valence electrons. The maximum Gasteiger partial charge on any atom is 0.303 e. The summed E-state index contributed by atoms with van der Waals surface area (Å²) in [5.74, 6) is -0.00459. The fraction of sp³-hybridized carbons (Fsp3) is 0.364. The monoisotopic (exact) mass is 285 g/mol. The van der Waals surface area contributed by atoms with Crippen LogP contribution in [0.3, 0.4) is 0 Å². The summed E-state index contributed by atoms with van der Waals surface area (Å²) in [5.41, 5.74) is 0.945. The second kappa shape index (κ2) is 4.74.